The van der Waals surface area contributed by atoms with Crippen LogP contribution in [-0.4, -0.2) is 23.8 Å². The van der Waals surface area contributed by atoms with Crippen molar-refractivity contribution in [2.45, 2.75) is 12.5 Å². The summed E-state index contributed by atoms with van der Waals surface area (Å²) < 4.78 is 13.3. The number of hydrogen-bond acceptors (Lipinski definition) is 3. The predicted molar refractivity (Wildman–Crippen MR) is 117 cm³/mol. The summed E-state index contributed by atoms with van der Waals surface area (Å²) in [5.74, 6) is -1.94. The second-order valence-electron chi connectivity index (χ2n) is 6.97. The molecule has 0 spiro atoms. The fraction of sp³-hybridized carbons (Fsp3) is 0.0870. The van der Waals surface area contributed by atoms with E-state index in [4.69, 9.17) is 11.6 Å². The number of para-hydroxylation sites is 2. The summed E-state index contributed by atoms with van der Waals surface area (Å²) in [7, 11) is 0. The number of benzene rings is 3. The smallest absolute Gasteiger partial charge is 0.259 e. The van der Waals surface area contributed by atoms with Gasteiger partial charge in [-0.1, -0.05) is 29.8 Å². The molecule has 4 rings (SSSR count). The molecule has 2 N–H and O–H groups in total. The van der Waals surface area contributed by atoms with Gasteiger partial charge in [-0.05, 0) is 54.6 Å². The Labute approximate surface area is 182 Å². The molecule has 0 fully saturated rings. The van der Waals surface area contributed by atoms with Crippen molar-refractivity contribution < 1.29 is 18.8 Å². The molecule has 156 valence electrons. The van der Waals surface area contributed by atoms with Crippen molar-refractivity contribution >= 4 is 46.4 Å². The number of fused-ring (bicyclic) bond motifs is 1. The predicted octanol–water partition coefficient (Wildman–Crippen LogP) is 4.48. The molecule has 1 atom stereocenters. The molecule has 3 aromatic carbocycles. The Kier molecular flexibility index (Phi) is 5.68. The lowest BCUT2D eigenvalue weighted by atomic mass is 10.0. The fourth-order valence-electron chi connectivity index (χ4n) is 3.41. The lowest BCUT2D eigenvalue weighted by Gasteiger charge is -2.36. The fourth-order valence-corrected chi connectivity index (χ4v) is 3.60. The number of amides is 3. The SMILES string of the molecule is O=C(CC1C(=O)Nc2ccccc2N1C(=O)c1ccc(F)cc1)Nc1cccc(Cl)c1. The van der Waals surface area contributed by atoms with Crippen LogP contribution in [0.2, 0.25) is 5.02 Å². The number of anilines is 3. The number of nitrogens with one attached hydrogen (secondary N) is 2. The summed E-state index contributed by atoms with van der Waals surface area (Å²) in [4.78, 5) is 40.1. The molecule has 0 bridgehead atoms. The van der Waals surface area contributed by atoms with E-state index in [1.165, 1.54) is 29.2 Å². The minimum absolute atomic E-state index is 0.200. The van der Waals surface area contributed by atoms with Crippen molar-refractivity contribution in [1.29, 1.82) is 0 Å². The Morgan fingerprint density at radius 3 is 2.52 bits per heavy atom. The van der Waals surface area contributed by atoms with Gasteiger partial charge < -0.3 is 10.6 Å². The summed E-state index contributed by atoms with van der Waals surface area (Å²) in [6.07, 6.45) is -0.278. The molecular formula is C23H17ClFN3O3. The van der Waals surface area contributed by atoms with Crippen molar-refractivity contribution in [3.05, 3.63) is 89.2 Å². The van der Waals surface area contributed by atoms with Crippen LogP contribution in [0.5, 0.6) is 0 Å². The molecule has 1 unspecified atom stereocenters. The molecule has 1 aliphatic rings. The van der Waals surface area contributed by atoms with Crippen LogP contribution in [0.25, 0.3) is 0 Å². The van der Waals surface area contributed by atoms with Gasteiger partial charge in [-0.15, -0.1) is 0 Å². The van der Waals surface area contributed by atoms with Crippen LogP contribution in [0.15, 0.2) is 72.8 Å². The zero-order valence-corrected chi connectivity index (χ0v) is 16.9. The van der Waals surface area contributed by atoms with E-state index in [0.29, 0.717) is 22.1 Å². The number of halogens is 2. The van der Waals surface area contributed by atoms with Gasteiger partial charge in [0.1, 0.15) is 11.9 Å². The minimum atomic E-state index is -1.09. The molecule has 3 amide bonds. The Bertz CT molecular complexity index is 1170. The van der Waals surface area contributed by atoms with Crippen LogP contribution in [-0.2, 0) is 9.59 Å². The van der Waals surface area contributed by atoms with Gasteiger partial charge in [-0.2, -0.15) is 0 Å². The van der Waals surface area contributed by atoms with E-state index in [-0.39, 0.29) is 12.0 Å². The van der Waals surface area contributed by atoms with Crippen LogP contribution in [0.3, 0.4) is 0 Å². The molecule has 0 aromatic heterocycles. The normalized spacial score (nSPS) is 15.1. The molecule has 0 saturated heterocycles. The first-order chi connectivity index (χ1) is 14.9. The summed E-state index contributed by atoms with van der Waals surface area (Å²) in [5, 5.41) is 5.88. The molecule has 1 aliphatic heterocycles. The molecule has 0 saturated carbocycles. The molecule has 0 aliphatic carbocycles. The molecule has 31 heavy (non-hydrogen) atoms. The monoisotopic (exact) mass is 437 g/mol. The third-order valence-electron chi connectivity index (χ3n) is 4.83. The topological polar surface area (TPSA) is 78.5 Å². The number of hydrogen-bond donors (Lipinski definition) is 2. The van der Waals surface area contributed by atoms with Gasteiger partial charge in [0.15, 0.2) is 0 Å². The van der Waals surface area contributed by atoms with E-state index in [1.54, 1.807) is 48.5 Å². The zero-order chi connectivity index (χ0) is 22.0. The molecule has 0 radical (unpaired) electrons. The zero-order valence-electron chi connectivity index (χ0n) is 16.1. The van der Waals surface area contributed by atoms with Crippen molar-refractivity contribution in [3.8, 4) is 0 Å². The molecule has 6 nitrogen and oxygen atoms in total. The van der Waals surface area contributed by atoms with Crippen molar-refractivity contribution in [2.24, 2.45) is 0 Å². The second kappa shape index (κ2) is 8.57. The van der Waals surface area contributed by atoms with E-state index in [0.717, 1.165) is 0 Å². The number of carbonyl (C=O) groups excluding carboxylic acids is 3. The average molecular weight is 438 g/mol. The van der Waals surface area contributed by atoms with E-state index >= 15 is 0 Å². The van der Waals surface area contributed by atoms with Gasteiger partial charge >= 0.3 is 0 Å². The maximum atomic E-state index is 13.3. The van der Waals surface area contributed by atoms with E-state index in [2.05, 4.69) is 10.6 Å². The summed E-state index contributed by atoms with van der Waals surface area (Å²) in [6, 6.07) is 17.3. The highest BCUT2D eigenvalue weighted by Crippen LogP contribution is 2.34. The molecule has 3 aromatic rings. The third-order valence-corrected chi connectivity index (χ3v) is 5.07. The van der Waals surface area contributed by atoms with Gasteiger partial charge in [-0.25, -0.2) is 4.39 Å². The van der Waals surface area contributed by atoms with Crippen molar-refractivity contribution in [3.63, 3.8) is 0 Å². The quantitative estimate of drug-likeness (QED) is 0.631. The van der Waals surface area contributed by atoms with Crippen LogP contribution < -0.4 is 15.5 Å². The number of carbonyl (C=O) groups is 3. The van der Waals surface area contributed by atoms with Crippen LogP contribution in [0, 0.1) is 5.82 Å². The number of rotatable bonds is 4. The van der Waals surface area contributed by atoms with Gasteiger partial charge in [0, 0.05) is 16.3 Å². The number of nitrogens with zero attached hydrogens (tertiary/aromatic N) is 1. The maximum absolute atomic E-state index is 13.3. The van der Waals surface area contributed by atoms with E-state index in [9.17, 15) is 18.8 Å². The minimum Gasteiger partial charge on any atom is -0.326 e. The summed E-state index contributed by atoms with van der Waals surface area (Å²) >= 11 is 5.95. The molecule has 8 heteroatoms. The van der Waals surface area contributed by atoms with Gasteiger partial charge in [0.2, 0.25) is 11.8 Å². The van der Waals surface area contributed by atoms with Gasteiger partial charge in [0.05, 0.1) is 17.8 Å². The first-order valence-electron chi connectivity index (χ1n) is 9.47. The highest BCUT2D eigenvalue weighted by Gasteiger charge is 2.38. The first kappa shape index (κ1) is 20.6. The third kappa shape index (κ3) is 4.41. The van der Waals surface area contributed by atoms with Crippen molar-refractivity contribution in [2.75, 3.05) is 15.5 Å². The maximum Gasteiger partial charge on any atom is 0.259 e. The van der Waals surface area contributed by atoms with Gasteiger partial charge in [0.25, 0.3) is 5.91 Å². The Morgan fingerprint density at radius 1 is 1.03 bits per heavy atom. The highest BCUT2D eigenvalue weighted by atomic mass is 35.5. The van der Waals surface area contributed by atoms with Crippen LogP contribution >= 0.6 is 11.6 Å². The first-order valence-corrected chi connectivity index (χ1v) is 9.84. The summed E-state index contributed by atoms with van der Waals surface area (Å²) in [6.45, 7) is 0. The van der Waals surface area contributed by atoms with Gasteiger partial charge in [-0.3, -0.25) is 19.3 Å². The Morgan fingerprint density at radius 2 is 1.77 bits per heavy atom. The standard InChI is InChI=1S/C23H17ClFN3O3/c24-15-4-3-5-17(12-15)26-21(29)13-20-22(30)27-18-6-1-2-7-19(18)28(20)23(31)14-8-10-16(25)11-9-14/h1-12,20H,13H2,(H,26,29)(H,27,30). The molecule has 1 heterocycles. The average Bonchev–Trinajstić information content (AvgIpc) is 2.74. The largest absolute Gasteiger partial charge is 0.326 e. The Hall–Kier alpha value is -3.71. The summed E-state index contributed by atoms with van der Waals surface area (Å²) in [5.41, 5.74) is 1.59. The lowest BCUT2D eigenvalue weighted by molar-refractivity contribution is -0.122. The second-order valence-corrected chi connectivity index (χ2v) is 7.40. The van der Waals surface area contributed by atoms with E-state index in [1.807, 2.05) is 0 Å². The Balaban J connectivity index is 1.65. The molecular weight excluding hydrogens is 421 g/mol. The van der Waals surface area contributed by atoms with Crippen molar-refractivity contribution in [1.82, 2.24) is 0 Å². The van der Waals surface area contributed by atoms with Crippen LogP contribution in [0.4, 0.5) is 21.5 Å². The highest BCUT2D eigenvalue weighted by molar-refractivity contribution is 6.31. The van der Waals surface area contributed by atoms with Crippen LogP contribution in [0.1, 0.15) is 16.8 Å². The van der Waals surface area contributed by atoms with E-state index < -0.39 is 29.6 Å². The lowest BCUT2D eigenvalue weighted by Crippen LogP contribution is -2.52.